The zero-order valence-electron chi connectivity index (χ0n) is 14.4. The number of hydrogen-bond donors (Lipinski definition) is 1. The van der Waals surface area contributed by atoms with E-state index in [2.05, 4.69) is 4.99 Å². The number of benzene rings is 1. The molecule has 25 heavy (non-hydrogen) atoms. The van der Waals surface area contributed by atoms with E-state index in [-0.39, 0.29) is 12.0 Å². The standard InChI is InChI=1S/C20H25NO4/c22-11-5-10-21-12-16-14-25-18-9-4-8-17(19(18)20(16)23)24-13-15-6-2-1-3-7-15/h4,8-9,12,14-15,22H,1-3,5-7,10-11,13H2. The monoisotopic (exact) mass is 343 g/mol. The summed E-state index contributed by atoms with van der Waals surface area (Å²) in [6.45, 7) is 1.21. The highest BCUT2D eigenvalue weighted by Crippen LogP contribution is 2.27. The predicted octanol–water partition coefficient (Wildman–Crippen LogP) is 3.55. The second-order valence-corrected chi connectivity index (χ2v) is 6.58. The van der Waals surface area contributed by atoms with Gasteiger partial charge < -0.3 is 14.3 Å². The molecule has 0 spiro atoms. The van der Waals surface area contributed by atoms with Crippen molar-refractivity contribution in [3.63, 3.8) is 0 Å². The van der Waals surface area contributed by atoms with E-state index < -0.39 is 0 Å². The average Bonchev–Trinajstić information content (AvgIpc) is 2.66. The Bertz CT molecular complexity index is 775. The van der Waals surface area contributed by atoms with Gasteiger partial charge in [-0.3, -0.25) is 9.79 Å². The molecule has 1 aliphatic carbocycles. The molecule has 5 heteroatoms. The highest BCUT2D eigenvalue weighted by atomic mass is 16.5. The lowest BCUT2D eigenvalue weighted by Crippen LogP contribution is -2.16. The minimum absolute atomic E-state index is 0.0861. The van der Waals surface area contributed by atoms with Crippen LogP contribution in [-0.4, -0.2) is 31.1 Å². The molecule has 0 unspecified atom stereocenters. The van der Waals surface area contributed by atoms with Gasteiger partial charge >= 0.3 is 0 Å². The van der Waals surface area contributed by atoms with Gasteiger partial charge in [-0.05, 0) is 37.3 Å². The van der Waals surface area contributed by atoms with E-state index in [1.165, 1.54) is 44.6 Å². The zero-order chi connectivity index (χ0) is 17.5. The molecule has 0 saturated heterocycles. The molecule has 5 nitrogen and oxygen atoms in total. The molecule has 1 N–H and O–H groups in total. The molecule has 0 amide bonds. The molecule has 0 bridgehead atoms. The van der Waals surface area contributed by atoms with Gasteiger partial charge in [-0.2, -0.15) is 0 Å². The van der Waals surface area contributed by atoms with Crippen LogP contribution in [0.4, 0.5) is 0 Å². The van der Waals surface area contributed by atoms with Gasteiger partial charge in [0.2, 0.25) is 5.43 Å². The molecule has 1 aliphatic rings. The summed E-state index contributed by atoms with van der Waals surface area (Å²) in [6, 6.07) is 5.45. The molecule has 1 aromatic carbocycles. The van der Waals surface area contributed by atoms with Crippen molar-refractivity contribution in [3.05, 3.63) is 40.2 Å². The number of fused-ring (bicyclic) bond motifs is 1. The van der Waals surface area contributed by atoms with E-state index in [1.54, 1.807) is 6.07 Å². The van der Waals surface area contributed by atoms with Crippen molar-refractivity contribution < 1.29 is 14.3 Å². The third-order valence-corrected chi connectivity index (χ3v) is 4.67. The molecule has 0 radical (unpaired) electrons. The molecular weight excluding hydrogens is 318 g/mol. The largest absolute Gasteiger partial charge is 0.492 e. The van der Waals surface area contributed by atoms with Crippen molar-refractivity contribution in [2.24, 2.45) is 10.9 Å². The van der Waals surface area contributed by atoms with Crippen LogP contribution in [0.25, 0.3) is 11.0 Å². The van der Waals surface area contributed by atoms with Crippen LogP contribution in [0.1, 0.15) is 44.1 Å². The maximum atomic E-state index is 12.8. The molecular formula is C20H25NO4. The highest BCUT2D eigenvalue weighted by molar-refractivity contribution is 5.89. The van der Waals surface area contributed by atoms with Gasteiger partial charge in [-0.15, -0.1) is 0 Å². The summed E-state index contributed by atoms with van der Waals surface area (Å²) in [5, 5.41) is 9.27. The Balaban J connectivity index is 1.82. The van der Waals surface area contributed by atoms with E-state index in [0.29, 0.717) is 47.8 Å². The van der Waals surface area contributed by atoms with Crippen LogP contribution in [0.3, 0.4) is 0 Å². The van der Waals surface area contributed by atoms with Crippen LogP contribution in [0, 0.1) is 5.92 Å². The van der Waals surface area contributed by atoms with Crippen molar-refractivity contribution >= 4 is 17.2 Å². The fourth-order valence-corrected chi connectivity index (χ4v) is 3.25. The molecule has 1 heterocycles. The number of ether oxygens (including phenoxy) is 1. The quantitative estimate of drug-likeness (QED) is 0.616. The van der Waals surface area contributed by atoms with Crippen molar-refractivity contribution in [3.8, 4) is 5.75 Å². The van der Waals surface area contributed by atoms with Crippen LogP contribution >= 0.6 is 0 Å². The van der Waals surface area contributed by atoms with E-state index in [1.807, 2.05) is 12.1 Å². The van der Waals surface area contributed by atoms with Crippen molar-refractivity contribution in [2.75, 3.05) is 19.8 Å². The zero-order valence-corrected chi connectivity index (χ0v) is 14.4. The Morgan fingerprint density at radius 1 is 1.28 bits per heavy atom. The maximum Gasteiger partial charge on any atom is 0.205 e. The van der Waals surface area contributed by atoms with Gasteiger partial charge in [0.05, 0.1) is 12.2 Å². The van der Waals surface area contributed by atoms with Crippen molar-refractivity contribution in [1.29, 1.82) is 0 Å². The SMILES string of the molecule is O=c1c(C=NCCCO)coc2cccc(OCC3CCCCC3)c12. The number of aliphatic imine (C=N–C) groups is 1. The van der Waals surface area contributed by atoms with Gasteiger partial charge in [-0.25, -0.2) is 0 Å². The Hall–Kier alpha value is -2.14. The van der Waals surface area contributed by atoms with E-state index in [4.69, 9.17) is 14.3 Å². The Kier molecular flexibility index (Phi) is 6.23. The van der Waals surface area contributed by atoms with Gasteiger partial charge in [0.15, 0.2) is 0 Å². The van der Waals surface area contributed by atoms with E-state index in [0.717, 1.165) is 0 Å². The van der Waals surface area contributed by atoms with Crippen LogP contribution in [0.5, 0.6) is 5.75 Å². The molecule has 1 fully saturated rings. The Morgan fingerprint density at radius 3 is 2.92 bits per heavy atom. The summed E-state index contributed by atoms with van der Waals surface area (Å²) in [6.07, 6.45) is 9.75. The van der Waals surface area contributed by atoms with E-state index >= 15 is 0 Å². The van der Waals surface area contributed by atoms with Crippen LogP contribution in [0.15, 0.2) is 38.7 Å². The third-order valence-electron chi connectivity index (χ3n) is 4.67. The van der Waals surface area contributed by atoms with Crippen LogP contribution in [-0.2, 0) is 0 Å². The lowest BCUT2D eigenvalue weighted by Gasteiger charge is -2.21. The molecule has 1 aromatic heterocycles. The van der Waals surface area contributed by atoms with Gasteiger partial charge in [0, 0.05) is 19.4 Å². The number of aliphatic hydroxyl groups is 1. The lowest BCUT2D eigenvalue weighted by molar-refractivity contribution is 0.210. The number of hydrogen-bond acceptors (Lipinski definition) is 5. The normalized spacial score (nSPS) is 15.9. The fraction of sp³-hybridized carbons (Fsp3) is 0.500. The average molecular weight is 343 g/mol. The second kappa shape index (κ2) is 8.81. The first-order chi connectivity index (χ1) is 12.3. The summed E-state index contributed by atoms with van der Waals surface area (Å²) in [4.78, 5) is 16.9. The van der Waals surface area contributed by atoms with E-state index in [9.17, 15) is 4.79 Å². The molecule has 1 saturated carbocycles. The van der Waals surface area contributed by atoms with Crippen molar-refractivity contribution in [1.82, 2.24) is 0 Å². The number of aliphatic hydroxyl groups excluding tert-OH is 1. The second-order valence-electron chi connectivity index (χ2n) is 6.58. The van der Waals surface area contributed by atoms with Crippen LogP contribution < -0.4 is 10.2 Å². The topological polar surface area (TPSA) is 72.0 Å². The Labute approximate surface area is 147 Å². The summed E-state index contributed by atoms with van der Waals surface area (Å²) in [5.74, 6) is 1.15. The summed E-state index contributed by atoms with van der Waals surface area (Å²) in [5.41, 5.74) is 0.797. The molecule has 3 rings (SSSR count). The van der Waals surface area contributed by atoms with Crippen LogP contribution in [0.2, 0.25) is 0 Å². The first-order valence-corrected chi connectivity index (χ1v) is 9.07. The smallest absolute Gasteiger partial charge is 0.205 e. The van der Waals surface area contributed by atoms with Gasteiger partial charge in [-0.1, -0.05) is 25.3 Å². The summed E-state index contributed by atoms with van der Waals surface area (Å²) >= 11 is 0. The molecule has 134 valence electrons. The minimum atomic E-state index is -0.131. The minimum Gasteiger partial charge on any atom is -0.492 e. The summed E-state index contributed by atoms with van der Waals surface area (Å²) in [7, 11) is 0. The van der Waals surface area contributed by atoms with Gasteiger partial charge in [0.25, 0.3) is 0 Å². The molecule has 0 aliphatic heterocycles. The highest BCUT2D eigenvalue weighted by Gasteiger charge is 2.16. The molecule has 0 atom stereocenters. The maximum absolute atomic E-state index is 12.8. The fourth-order valence-electron chi connectivity index (χ4n) is 3.25. The first kappa shape index (κ1) is 17.7. The van der Waals surface area contributed by atoms with Crippen molar-refractivity contribution in [2.45, 2.75) is 38.5 Å². The van der Waals surface area contributed by atoms with Gasteiger partial charge in [0.1, 0.15) is 23.0 Å². The number of rotatable bonds is 7. The Morgan fingerprint density at radius 2 is 2.12 bits per heavy atom. The first-order valence-electron chi connectivity index (χ1n) is 9.07. The summed E-state index contributed by atoms with van der Waals surface area (Å²) < 4.78 is 11.6. The predicted molar refractivity (Wildman–Crippen MR) is 98.7 cm³/mol. The third kappa shape index (κ3) is 4.48. The number of nitrogens with zero attached hydrogens (tertiary/aromatic N) is 1. The molecule has 2 aromatic rings. The lowest BCUT2D eigenvalue weighted by atomic mass is 9.90.